The lowest BCUT2D eigenvalue weighted by Crippen LogP contribution is -2.42. The number of fused-ring (bicyclic) bond motifs is 1. The number of aryl methyl sites for hydroxylation is 1. The molecule has 3 aromatic rings. The summed E-state index contributed by atoms with van der Waals surface area (Å²) in [7, 11) is 3.20. The van der Waals surface area contributed by atoms with Crippen molar-refractivity contribution in [3.05, 3.63) is 47.8 Å². The van der Waals surface area contributed by atoms with Crippen LogP contribution < -0.4 is 14.8 Å². The molecule has 162 valence electrons. The zero-order valence-electron chi connectivity index (χ0n) is 18.4. The summed E-state index contributed by atoms with van der Waals surface area (Å²) in [6.45, 7) is 4.80. The highest BCUT2D eigenvalue weighted by molar-refractivity contribution is 6.07. The highest BCUT2D eigenvalue weighted by atomic mass is 16.5. The Morgan fingerprint density at radius 3 is 2.68 bits per heavy atom. The normalized spacial score (nSPS) is 16.3. The molecule has 0 spiro atoms. The number of methoxy groups -OCH3 is 2. The lowest BCUT2D eigenvalue weighted by atomic mass is 10.0. The van der Waals surface area contributed by atoms with Crippen LogP contribution in [-0.4, -0.2) is 47.6 Å². The molecule has 7 heteroatoms. The number of amides is 1. The predicted octanol–water partition coefficient (Wildman–Crippen LogP) is 4.71. The molecule has 31 heavy (non-hydrogen) atoms. The molecular weight excluding hydrogens is 392 g/mol. The van der Waals surface area contributed by atoms with Crippen LogP contribution in [0.2, 0.25) is 0 Å². The molecule has 1 N–H and O–H groups in total. The highest BCUT2D eigenvalue weighted by Crippen LogP contribution is 2.35. The number of anilines is 2. The lowest BCUT2D eigenvalue weighted by molar-refractivity contribution is 0.0636. The molecule has 0 radical (unpaired) electrons. The van der Waals surface area contributed by atoms with Crippen molar-refractivity contribution in [2.24, 2.45) is 0 Å². The summed E-state index contributed by atoms with van der Waals surface area (Å²) < 4.78 is 10.8. The Kier molecular flexibility index (Phi) is 5.93. The Morgan fingerprint density at radius 1 is 1.13 bits per heavy atom. The Morgan fingerprint density at radius 2 is 1.94 bits per heavy atom. The number of nitrogens with zero attached hydrogens (tertiary/aromatic N) is 3. The first-order chi connectivity index (χ1) is 15.0. The summed E-state index contributed by atoms with van der Waals surface area (Å²) in [5.74, 6) is 1.24. The second-order valence-electron chi connectivity index (χ2n) is 7.91. The van der Waals surface area contributed by atoms with Gasteiger partial charge in [0.05, 0.1) is 25.5 Å². The van der Waals surface area contributed by atoms with Gasteiger partial charge >= 0.3 is 0 Å². The molecule has 0 aliphatic carbocycles. The number of carbonyl (C=O) groups excluding carboxylic acids is 1. The highest BCUT2D eigenvalue weighted by Gasteiger charge is 2.27. The van der Waals surface area contributed by atoms with Crippen LogP contribution in [0.25, 0.3) is 11.0 Å². The van der Waals surface area contributed by atoms with Crippen LogP contribution in [0, 0.1) is 6.92 Å². The fraction of sp³-hybridized carbons (Fsp3) is 0.375. The summed E-state index contributed by atoms with van der Waals surface area (Å²) in [5.41, 5.74) is 3.51. The predicted molar refractivity (Wildman–Crippen MR) is 121 cm³/mol. The SMILES string of the molecule is COc1ccc(Nc2c(C(=O)N3CCCCC3C)cnc3nc(C)ccc23)cc1OC. The standard InChI is InChI=1S/C24H28N4O3/c1-15-8-10-18-22(27-17-9-11-20(30-3)21(13-17)31-4)19(14-25-23(18)26-15)24(29)28-12-6-5-7-16(28)2/h8-11,13-14,16H,5-7,12H2,1-4H3,(H,25,26,27). The molecule has 1 atom stereocenters. The molecular formula is C24H28N4O3. The minimum atomic E-state index is -0.00912. The van der Waals surface area contributed by atoms with E-state index in [0.717, 1.165) is 42.6 Å². The van der Waals surface area contributed by atoms with Crippen molar-refractivity contribution in [2.45, 2.75) is 39.2 Å². The largest absolute Gasteiger partial charge is 0.493 e. The zero-order valence-corrected chi connectivity index (χ0v) is 18.4. The van der Waals surface area contributed by atoms with Crippen LogP contribution in [0.4, 0.5) is 11.4 Å². The third kappa shape index (κ3) is 4.13. The Balaban J connectivity index is 1.81. The van der Waals surface area contributed by atoms with Gasteiger partial charge in [0.15, 0.2) is 17.1 Å². The topological polar surface area (TPSA) is 76.6 Å². The monoisotopic (exact) mass is 420 g/mol. The number of aromatic nitrogens is 2. The number of likely N-dealkylation sites (tertiary alicyclic amines) is 1. The minimum absolute atomic E-state index is 0.00912. The van der Waals surface area contributed by atoms with Crippen molar-refractivity contribution < 1.29 is 14.3 Å². The maximum absolute atomic E-state index is 13.5. The number of hydrogen-bond donors (Lipinski definition) is 1. The van der Waals surface area contributed by atoms with Crippen molar-refractivity contribution in [2.75, 3.05) is 26.1 Å². The van der Waals surface area contributed by atoms with Crippen molar-refractivity contribution >= 4 is 28.3 Å². The number of ether oxygens (including phenoxy) is 2. The second-order valence-corrected chi connectivity index (χ2v) is 7.91. The van der Waals surface area contributed by atoms with E-state index in [2.05, 4.69) is 22.2 Å². The van der Waals surface area contributed by atoms with E-state index < -0.39 is 0 Å². The molecule has 3 heterocycles. The Labute approximate surface area is 182 Å². The van der Waals surface area contributed by atoms with Gasteiger partial charge in [0, 0.05) is 41.6 Å². The summed E-state index contributed by atoms with van der Waals surface area (Å²) in [6, 6.07) is 9.69. The summed E-state index contributed by atoms with van der Waals surface area (Å²) in [6.07, 6.45) is 4.84. The first-order valence-electron chi connectivity index (χ1n) is 10.6. The van der Waals surface area contributed by atoms with Crippen LogP contribution in [0.15, 0.2) is 36.5 Å². The molecule has 1 fully saturated rings. The van der Waals surface area contributed by atoms with E-state index in [9.17, 15) is 4.79 Å². The molecule has 7 nitrogen and oxygen atoms in total. The molecule has 1 aromatic carbocycles. The van der Waals surface area contributed by atoms with Gasteiger partial charge in [-0.15, -0.1) is 0 Å². The molecule has 0 saturated carbocycles. The fourth-order valence-electron chi connectivity index (χ4n) is 4.08. The van der Waals surface area contributed by atoms with Crippen LogP contribution in [-0.2, 0) is 0 Å². The van der Waals surface area contributed by atoms with E-state index in [1.165, 1.54) is 0 Å². The van der Waals surface area contributed by atoms with Crippen molar-refractivity contribution in [3.8, 4) is 11.5 Å². The van der Waals surface area contributed by atoms with Crippen LogP contribution in [0.3, 0.4) is 0 Å². The quantitative estimate of drug-likeness (QED) is 0.644. The van der Waals surface area contributed by atoms with E-state index in [0.29, 0.717) is 28.4 Å². The number of hydrogen-bond acceptors (Lipinski definition) is 6. The van der Waals surface area contributed by atoms with E-state index in [-0.39, 0.29) is 11.9 Å². The van der Waals surface area contributed by atoms with Crippen molar-refractivity contribution in [1.82, 2.24) is 14.9 Å². The Hall–Kier alpha value is -3.35. The van der Waals surface area contributed by atoms with Crippen LogP contribution >= 0.6 is 0 Å². The molecule has 1 amide bonds. The molecule has 4 rings (SSSR count). The van der Waals surface area contributed by atoms with E-state index in [1.54, 1.807) is 20.4 Å². The number of rotatable bonds is 5. The van der Waals surface area contributed by atoms with E-state index >= 15 is 0 Å². The molecule has 0 bridgehead atoms. The average molecular weight is 421 g/mol. The summed E-state index contributed by atoms with van der Waals surface area (Å²) >= 11 is 0. The third-order valence-corrected chi connectivity index (χ3v) is 5.82. The van der Waals surface area contributed by atoms with Crippen LogP contribution in [0.5, 0.6) is 11.5 Å². The average Bonchev–Trinajstić information content (AvgIpc) is 2.78. The van der Waals surface area contributed by atoms with Crippen molar-refractivity contribution in [1.29, 1.82) is 0 Å². The number of nitrogens with one attached hydrogen (secondary N) is 1. The first-order valence-corrected chi connectivity index (χ1v) is 10.6. The van der Waals surface area contributed by atoms with Gasteiger partial charge in [0.2, 0.25) is 0 Å². The zero-order chi connectivity index (χ0) is 22.0. The van der Waals surface area contributed by atoms with Gasteiger partial charge in [0.25, 0.3) is 5.91 Å². The smallest absolute Gasteiger partial charge is 0.257 e. The van der Waals surface area contributed by atoms with E-state index in [4.69, 9.17) is 9.47 Å². The lowest BCUT2D eigenvalue weighted by Gasteiger charge is -2.34. The molecule has 1 unspecified atom stereocenters. The minimum Gasteiger partial charge on any atom is -0.493 e. The number of carbonyl (C=O) groups is 1. The van der Waals surface area contributed by atoms with Gasteiger partial charge < -0.3 is 19.7 Å². The second kappa shape index (κ2) is 8.79. The third-order valence-electron chi connectivity index (χ3n) is 5.82. The van der Waals surface area contributed by atoms with Crippen LogP contribution in [0.1, 0.15) is 42.2 Å². The summed E-state index contributed by atoms with van der Waals surface area (Å²) in [4.78, 5) is 24.5. The number of benzene rings is 1. The maximum Gasteiger partial charge on any atom is 0.257 e. The summed E-state index contributed by atoms with van der Waals surface area (Å²) in [5, 5.41) is 4.23. The van der Waals surface area contributed by atoms with Crippen molar-refractivity contribution in [3.63, 3.8) is 0 Å². The molecule has 1 aliphatic heterocycles. The maximum atomic E-state index is 13.5. The molecule has 1 saturated heterocycles. The van der Waals surface area contributed by atoms with E-state index in [1.807, 2.05) is 42.2 Å². The van der Waals surface area contributed by atoms with Gasteiger partial charge in [-0.1, -0.05) is 0 Å². The Bertz CT molecular complexity index is 1120. The number of piperidine rings is 1. The van der Waals surface area contributed by atoms with Gasteiger partial charge in [0.1, 0.15) is 0 Å². The number of pyridine rings is 2. The molecule has 2 aromatic heterocycles. The fourth-order valence-corrected chi connectivity index (χ4v) is 4.08. The van der Waals surface area contributed by atoms with Gasteiger partial charge in [-0.2, -0.15) is 0 Å². The molecule has 1 aliphatic rings. The van der Waals surface area contributed by atoms with Gasteiger partial charge in [-0.05, 0) is 57.4 Å². The van der Waals surface area contributed by atoms with Gasteiger partial charge in [-0.25, -0.2) is 9.97 Å². The van der Waals surface area contributed by atoms with Gasteiger partial charge in [-0.3, -0.25) is 4.79 Å². The first kappa shape index (κ1) is 20.9.